The summed E-state index contributed by atoms with van der Waals surface area (Å²) in [6.45, 7) is 3.42. The fraction of sp³-hybridized carbons (Fsp3) is 0.412. The molecule has 28 heavy (non-hydrogen) atoms. The van der Waals surface area contributed by atoms with E-state index in [0.29, 0.717) is 17.5 Å². The summed E-state index contributed by atoms with van der Waals surface area (Å²) in [4.78, 5) is 10.6. The van der Waals surface area contributed by atoms with Gasteiger partial charge >= 0.3 is 6.18 Å². The number of hydrogen-bond acceptors (Lipinski definition) is 5. The lowest BCUT2D eigenvalue weighted by molar-refractivity contribution is -0.136. The minimum atomic E-state index is -4.58. The average Bonchev–Trinajstić information content (AvgIpc) is 3.34. The third-order valence-electron chi connectivity index (χ3n) is 4.66. The van der Waals surface area contributed by atoms with Gasteiger partial charge in [0.05, 0.1) is 10.7 Å². The second-order valence-electron chi connectivity index (χ2n) is 6.62. The molecule has 0 aliphatic carbocycles. The van der Waals surface area contributed by atoms with Crippen molar-refractivity contribution >= 4 is 35.3 Å². The van der Waals surface area contributed by atoms with Gasteiger partial charge in [-0.3, -0.25) is 0 Å². The topological polar surface area (TPSA) is 64.1 Å². The Labute approximate surface area is 163 Å². The van der Waals surface area contributed by atoms with E-state index in [2.05, 4.69) is 25.1 Å². The van der Waals surface area contributed by atoms with Crippen molar-refractivity contribution < 1.29 is 13.2 Å². The lowest BCUT2D eigenvalue weighted by Crippen LogP contribution is -2.19. The number of hydrogen-bond donors (Lipinski definition) is 0. The van der Waals surface area contributed by atoms with Gasteiger partial charge in [0.2, 0.25) is 5.95 Å². The first-order valence-corrected chi connectivity index (χ1v) is 9.09. The molecule has 1 aliphatic rings. The number of aryl methyl sites for hydroxylation is 2. The second kappa shape index (κ2) is 6.77. The maximum atomic E-state index is 13.3. The Morgan fingerprint density at radius 1 is 1.11 bits per heavy atom. The van der Waals surface area contributed by atoms with Gasteiger partial charge in [-0.15, -0.1) is 10.2 Å². The Bertz CT molecular complexity index is 1060. The second-order valence-corrected chi connectivity index (χ2v) is 7.02. The van der Waals surface area contributed by atoms with Gasteiger partial charge in [0, 0.05) is 20.1 Å². The maximum absolute atomic E-state index is 13.3. The Morgan fingerprint density at radius 2 is 1.82 bits per heavy atom. The van der Waals surface area contributed by atoms with Gasteiger partial charge in [0.15, 0.2) is 17.3 Å². The largest absolute Gasteiger partial charge is 0.420 e. The van der Waals surface area contributed by atoms with Crippen molar-refractivity contribution in [1.82, 2.24) is 29.4 Å². The lowest BCUT2D eigenvalue weighted by atomic mass is 10.2. The quantitative estimate of drug-likeness (QED) is 0.658. The molecular formula is C17H17ClF3N7. The minimum Gasteiger partial charge on any atom is -0.340 e. The van der Waals surface area contributed by atoms with Crippen molar-refractivity contribution in [2.75, 3.05) is 18.0 Å². The number of alkyl halides is 3. The minimum absolute atomic E-state index is 0.0242. The number of fused-ring (bicyclic) bond motifs is 1. The van der Waals surface area contributed by atoms with Crippen LogP contribution in [0.15, 0.2) is 6.07 Å². The summed E-state index contributed by atoms with van der Waals surface area (Å²) in [6.07, 6.45) is 0.779. The van der Waals surface area contributed by atoms with Crippen LogP contribution in [0.25, 0.3) is 17.8 Å². The van der Waals surface area contributed by atoms with E-state index < -0.39 is 11.7 Å². The first kappa shape index (κ1) is 18.7. The standard InChI is InChI=1S/C17H17ClF3N7/c1-10-12(18)9-11(17(19,20)21)15-22-13(24-28(10)15)5-6-14-23-16(25-26(14)2)27-7-3-4-8-27/h5-6,9H,3-4,7-8H2,1-2H3/b6-5+. The van der Waals surface area contributed by atoms with Crippen LogP contribution in [0.1, 0.15) is 35.7 Å². The molecule has 0 saturated carbocycles. The highest BCUT2D eigenvalue weighted by molar-refractivity contribution is 6.31. The van der Waals surface area contributed by atoms with Crippen LogP contribution in [0.4, 0.5) is 19.1 Å². The first-order valence-electron chi connectivity index (χ1n) is 8.71. The van der Waals surface area contributed by atoms with Gasteiger partial charge in [-0.05, 0) is 38.0 Å². The smallest absolute Gasteiger partial charge is 0.340 e. The summed E-state index contributed by atoms with van der Waals surface area (Å²) < 4.78 is 42.7. The third-order valence-corrected chi connectivity index (χ3v) is 5.04. The van der Waals surface area contributed by atoms with E-state index in [4.69, 9.17) is 11.6 Å². The molecule has 11 heteroatoms. The van der Waals surface area contributed by atoms with E-state index in [9.17, 15) is 13.2 Å². The predicted molar refractivity (Wildman–Crippen MR) is 99.1 cm³/mol. The molecule has 0 atom stereocenters. The van der Waals surface area contributed by atoms with E-state index in [-0.39, 0.29) is 16.5 Å². The normalized spacial score (nSPS) is 15.4. The van der Waals surface area contributed by atoms with Crippen LogP contribution in [0.5, 0.6) is 0 Å². The monoisotopic (exact) mass is 411 g/mol. The zero-order chi connectivity index (χ0) is 20.1. The van der Waals surface area contributed by atoms with Gasteiger partial charge in [-0.1, -0.05) is 11.6 Å². The third kappa shape index (κ3) is 3.32. The van der Waals surface area contributed by atoms with Crippen LogP contribution in [0, 0.1) is 6.92 Å². The van der Waals surface area contributed by atoms with Crippen LogP contribution in [-0.2, 0) is 13.2 Å². The molecule has 1 saturated heterocycles. The molecule has 0 N–H and O–H groups in total. The molecule has 7 nitrogen and oxygen atoms in total. The average molecular weight is 412 g/mol. The molecule has 0 bridgehead atoms. The predicted octanol–water partition coefficient (Wildman–Crippen LogP) is 3.61. The van der Waals surface area contributed by atoms with Crippen LogP contribution < -0.4 is 4.90 Å². The fourth-order valence-corrected chi connectivity index (χ4v) is 3.33. The molecule has 3 aromatic rings. The zero-order valence-electron chi connectivity index (χ0n) is 15.2. The number of anilines is 1. The molecule has 0 unspecified atom stereocenters. The Kier molecular flexibility index (Phi) is 4.53. The van der Waals surface area contributed by atoms with Crippen molar-refractivity contribution in [2.45, 2.75) is 25.9 Å². The molecule has 3 aromatic heterocycles. The molecule has 0 radical (unpaired) electrons. The molecule has 148 valence electrons. The van der Waals surface area contributed by atoms with E-state index in [1.807, 2.05) is 0 Å². The molecule has 0 aromatic carbocycles. The van der Waals surface area contributed by atoms with Gasteiger partial charge in [0.1, 0.15) is 5.56 Å². The fourth-order valence-electron chi connectivity index (χ4n) is 3.14. The van der Waals surface area contributed by atoms with Crippen LogP contribution in [0.2, 0.25) is 5.02 Å². The van der Waals surface area contributed by atoms with Crippen molar-refractivity contribution in [1.29, 1.82) is 0 Å². The van der Waals surface area contributed by atoms with Crippen molar-refractivity contribution in [3.05, 3.63) is 34.0 Å². The maximum Gasteiger partial charge on any atom is 0.420 e. The molecule has 1 aliphatic heterocycles. The molecule has 4 heterocycles. The summed E-state index contributed by atoms with van der Waals surface area (Å²) in [5, 5.41) is 8.51. The van der Waals surface area contributed by atoms with E-state index >= 15 is 0 Å². The van der Waals surface area contributed by atoms with Crippen molar-refractivity contribution in [3.8, 4) is 0 Å². The Morgan fingerprint density at radius 3 is 2.50 bits per heavy atom. The summed E-state index contributed by atoms with van der Waals surface area (Å²) in [5.41, 5.74) is -0.832. The van der Waals surface area contributed by atoms with Crippen molar-refractivity contribution in [3.63, 3.8) is 0 Å². The number of halogens is 4. The highest BCUT2D eigenvalue weighted by Gasteiger charge is 2.35. The molecule has 1 fully saturated rings. The van der Waals surface area contributed by atoms with Gasteiger partial charge in [0.25, 0.3) is 0 Å². The van der Waals surface area contributed by atoms with E-state index in [1.54, 1.807) is 24.7 Å². The zero-order valence-corrected chi connectivity index (χ0v) is 16.0. The Hall–Kier alpha value is -2.62. The van der Waals surface area contributed by atoms with Gasteiger partial charge < -0.3 is 4.90 Å². The molecule has 4 rings (SSSR count). The van der Waals surface area contributed by atoms with Crippen LogP contribution >= 0.6 is 11.6 Å². The van der Waals surface area contributed by atoms with Crippen LogP contribution in [-0.4, -0.2) is 42.5 Å². The summed E-state index contributed by atoms with van der Waals surface area (Å²) in [6, 6.07) is 0.874. The number of aromatic nitrogens is 6. The number of rotatable bonds is 3. The highest BCUT2D eigenvalue weighted by Crippen LogP contribution is 2.35. The first-order chi connectivity index (χ1) is 13.2. The molecule has 0 amide bonds. The summed E-state index contributed by atoms with van der Waals surface area (Å²) in [5.74, 6) is 1.33. The van der Waals surface area contributed by atoms with Crippen LogP contribution in [0.3, 0.4) is 0 Å². The number of pyridine rings is 1. The summed E-state index contributed by atoms with van der Waals surface area (Å²) in [7, 11) is 1.76. The number of nitrogens with zero attached hydrogens (tertiary/aromatic N) is 7. The highest BCUT2D eigenvalue weighted by atomic mass is 35.5. The van der Waals surface area contributed by atoms with E-state index in [1.165, 1.54) is 6.08 Å². The summed E-state index contributed by atoms with van der Waals surface area (Å²) >= 11 is 5.93. The molecular weight excluding hydrogens is 395 g/mol. The lowest BCUT2D eigenvalue weighted by Gasteiger charge is -2.10. The van der Waals surface area contributed by atoms with Crippen molar-refractivity contribution in [2.24, 2.45) is 7.05 Å². The van der Waals surface area contributed by atoms with E-state index in [0.717, 1.165) is 36.5 Å². The van der Waals surface area contributed by atoms with Gasteiger partial charge in [-0.25, -0.2) is 14.2 Å². The SMILES string of the molecule is Cc1c(Cl)cc(C(F)(F)F)c2nc(/C=C/c3nc(N4CCCC4)nn3C)nn12. The van der Waals surface area contributed by atoms with Gasteiger partial charge in [-0.2, -0.15) is 18.2 Å². The molecule has 0 spiro atoms. The Balaban J connectivity index is 1.70.